The number of hydrogen-bond acceptors (Lipinski definition) is 3. The third kappa shape index (κ3) is 3.55. The van der Waals surface area contributed by atoms with E-state index < -0.39 is 11.7 Å². The van der Waals surface area contributed by atoms with Gasteiger partial charge >= 0.3 is 0 Å². The minimum absolute atomic E-state index is 0.181. The zero-order valence-electron chi connectivity index (χ0n) is 9.77. The molecule has 0 N–H and O–H groups in total. The standard InChI is InChI=1S/C12H14FNO3/c1-3-17-11-5-4-9(6-10(11)13)7-14(2)12(16)8-15/h4-6,8H,3,7H2,1-2H3. The van der Waals surface area contributed by atoms with E-state index in [0.717, 1.165) is 0 Å². The van der Waals surface area contributed by atoms with Crippen LogP contribution in [0.4, 0.5) is 4.39 Å². The molecule has 4 nitrogen and oxygen atoms in total. The molecule has 0 atom stereocenters. The van der Waals surface area contributed by atoms with Gasteiger partial charge in [-0.25, -0.2) is 4.39 Å². The summed E-state index contributed by atoms with van der Waals surface area (Å²) in [5.74, 6) is -0.934. The summed E-state index contributed by atoms with van der Waals surface area (Å²) in [7, 11) is 1.48. The molecule has 92 valence electrons. The van der Waals surface area contributed by atoms with Gasteiger partial charge in [-0.3, -0.25) is 9.59 Å². The van der Waals surface area contributed by atoms with E-state index in [1.807, 2.05) is 0 Å². The molecule has 0 aromatic heterocycles. The van der Waals surface area contributed by atoms with Crippen LogP contribution in [0.25, 0.3) is 0 Å². The Kier molecular flexibility index (Phi) is 4.63. The average molecular weight is 239 g/mol. The maximum Gasteiger partial charge on any atom is 0.286 e. The molecule has 0 heterocycles. The van der Waals surface area contributed by atoms with Crippen LogP contribution in [0, 0.1) is 5.82 Å². The first kappa shape index (κ1) is 13.2. The highest BCUT2D eigenvalue weighted by Gasteiger charge is 2.09. The topological polar surface area (TPSA) is 46.6 Å². The van der Waals surface area contributed by atoms with E-state index in [9.17, 15) is 14.0 Å². The monoisotopic (exact) mass is 239 g/mol. The van der Waals surface area contributed by atoms with Crippen LogP contribution in [0.15, 0.2) is 18.2 Å². The SMILES string of the molecule is CCOc1ccc(CN(C)C(=O)C=O)cc1F. The zero-order valence-corrected chi connectivity index (χ0v) is 9.77. The minimum Gasteiger partial charge on any atom is -0.491 e. The Labute approximate surface area is 99.0 Å². The molecule has 0 aliphatic rings. The molecule has 0 saturated heterocycles. The molecule has 0 radical (unpaired) electrons. The molecule has 1 aromatic carbocycles. The molecular formula is C12H14FNO3. The fraction of sp³-hybridized carbons (Fsp3) is 0.333. The molecule has 0 saturated carbocycles. The summed E-state index contributed by atoms with van der Waals surface area (Å²) >= 11 is 0. The van der Waals surface area contributed by atoms with Crippen LogP contribution in [0.1, 0.15) is 12.5 Å². The van der Waals surface area contributed by atoms with Crippen molar-refractivity contribution in [3.05, 3.63) is 29.6 Å². The van der Waals surface area contributed by atoms with Crippen molar-refractivity contribution in [3.8, 4) is 5.75 Å². The van der Waals surface area contributed by atoms with Gasteiger partial charge < -0.3 is 9.64 Å². The first-order valence-corrected chi connectivity index (χ1v) is 5.20. The highest BCUT2D eigenvalue weighted by Crippen LogP contribution is 2.18. The van der Waals surface area contributed by atoms with Crippen LogP contribution >= 0.6 is 0 Å². The number of benzene rings is 1. The van der Waals surface area contributed by atoms with E-state index in [-0.39, 0.29) is 18.6 Å². The van der Waals surface area contributed by atoms with Gasteiger partial charge in [-0.15, -0.1) is 0 Å². The molecular weight excluding hydrogens is 225 g/mol. The smallest absolute Gasteiger partial charge is 0.286 e. The molecule has 0 fully saturated rings. The molecule has 0 aliphatic carbocycles. The van der Waals surface area contributed by atoms with E-state index >= 15 is 0 Å². The second-order valence-corrected chi connectivity index (χ2v) is 3.51. The molecule has 1 rings (SSSR count). The number of rotatable bonds is 5. The van der Waals surface area contributed by atoms with Crippen LogP contribution in [-0.4, -0.2) is 30.7 Å². The summed E-state index contributed by atoms with van der Waals surface area (Å²) in [6.07, 6.45) is 0.227. The van der Waals surface area contributed by atoms with Gasteiger partial charge in [-0.05, 0) is 24.6 Å². The van der Waals surface area contributed by atoms with Gasteiger partial charge in [0, 0.05) is 13.6 Å². The van der Waals surface area contributed by atoms with E-state index in [1.54, 1.807) is 13.0 Å². The number of carbonyl (C=O) groups is 2. The number of halogens is 1. The molecule has 1 amide bonds. The van der Waals surface area contributed by atoms with E-state index in [2.05, 4.69) is 0 Å². The molecule has 17 heavy (non-hydrogen) atoms. The Morgan fingerprint density at radius 2 is 2.24 bits per heavy atom. The largest absolute Gasteiger partial charge is 0.491 e. The normalized spacial score (nSPS) is 9.82. The molecule has 0 bridgehead atoms. The Morgan fingerprint density at radius 3 is 2.76 bits per heavy atom. The summed E-state index contributed by atoms with van der Waals surface area (Å²) in [4.78, 5) is 22.5. The van der Waals surface area contributed by atoms with E-state index in [4.69, 9.17) is 4.74 Å². The fourth-order valence-corrected chi connectivity index (χ4v) is 1.36. The lowest BCUT2D eigenvalue weighted by atomic mass is 10.2. The third-order valence-electron chi connectivity index (χ3n) is 2.19. The maximum atomic E-state index is 13.5. The van der Waals surface area contributed by atoms with Crippen molar-refractivity contribution in [2.45, 2.75) is 13.5 Å². The number of ether oxygens (including phenoxy) is 1. The third-order valence-corrected chi connectivity index (χ3v) is 2.19. The molecule has 1 aromatic rings. The summed E-state index contributed by atoms with van der Waals surface area (Å²) in [6, 6.07) is 4.45. The molecule has 0 spiro atoms. The Balaban J connectivity index is 2.76. The Morgan fingerprint density at radius 1 is 1.53 bits per heavy atom. The van der Waals surface area contributed by atoms with Gasteiger partial charge in [-0.1, -0.05) is 6.07 Å². The Hall–Kier alpha value is -1.91. The summed E-state index contributed by atoms with van der Waals surface area (Å²) < 4.78 is 18.5. The zero-order chi connectivity index (χ0) is 12.8. The number of nitrogens with zero attached hydrogens (tertiary/aromatic N) is 1. The predicted octanol–water partition coefficient (Wildman–Crippen LogP) is 1.38. The molecule has 0 aliphatic heterocycles. The molecule has 0 unspecified atom stereocenters. The summed E-state index contributed by atoms with van der Waals surface area (Å²) in [6.45, 7) is 2.34. The lowest BCUT2D eigenvalue weighted by molar-refractivity contribution is -0.138. The van der Waals surface area contributed by atoms with Gasteiger partial charge in [0.2, 0.25) is 6.29 Å². The minimum atomic E-state index is -0.640. The highest BCUT2D eigenvalue weighted by atomic mass is 19.1. The lowest BCUT2D eigenvalue weighted by Gasteiger charge is -2.14. The van der Waals surface area contributed by atoms with Gasteiger partial charge in [-0.2, -0.15) is 0 Å². The van der Waals surface area contributed by atoms with Crippen LogP contribution in [0.2, 0.25) is 0 Å². The van der Waals surface area contributed by atoms with Gasteiger partial charge in [0.1, 0.15) is 0 Å². The second-order valence-electron chi connectivity index (χ2n) is 3.51. The van der Waals surface area contributed by atoms with Crippen LogP contribution in [0.3, 0.4) is 0 Å². The first-order valence-electron chi connectivity index (χ1n) is 5.20. The van der Waals surface area contributed by atoms with Crippen molar-refractivity contribution < 1.29 is 18.7 Å². The predicted molar refractivity (Wildman–Crippen MR) is 60.1 cm³/mol. The summed E-state index contributed by atoms with van der Waals surface area (Å²) in [5.41, 5.74) is 0.601. The fourth-order valence-electron chi connectivity index (χ4n) is 1.36. The van der Waals surface area contributed by atoms with Crippen molar-refractivity contribution in [2.75, 3.05) is 13.7 Å². The van der Waals surface area contributed by atoms with E-state index in [1.165, 1.54) is 24.1 Å². The van der Waals surface area contributed by atoms with Crippen LogP contribution < -0.4 is 4.74 Å². The van der Waals surface area contributed by atoms with Crippen molar-refractivity contribution in [3.63, 3.8) is 0 Å². The second kappa shape index (κ2) is 5.98. The lowest BCUT2D eigenvalue weighted by Crippen LogP contribution is -2.26. The van der Waals surface area contributed by atoms with Gasteiger partial charge in [0.05, 0.1) is 6.61 Å². The van der Waals surface area contributed by atoms with Gasteiger partial charge in [0.15, 0.2) is 11.6 Å². The van der Waals surface area contributed by atoms with Crippen molar-refractivity contribution in [1.82, 2.24) is 4.90 Å². The Bertz CT molecular complexity index is 420. The van der Waals surface area contributed by atoms with Crippen molar-refractivity contribution in [1.29, 1.82) is 0 Å². The number of hydrogen-bond donors (Lipinski definition) is 0. The molecule has 5 heteroatoms. The van der Waals surface area contributed by atoms with Crippen LogP contribution in [0.5, 0.6) is 5.75 Å². The van der Waals surface area contributed by atoms with Crippen LogP contribution in [-0.2, 0) is 16.1 Å². The van der Waals surface area contributed by atoms with Crippen molar-refractivity contribution in [2.24, 2.45) is 0 Å². The highest BCUT2D eigenvalue weighted by molar-refractivity contribution is 6.23. The first-order chi connectivity index (χ1) is 8.08. The quantitative estimate of drug-likeness (QED) is 0.576. The average Bonchev–Trinajstić information content (AvgIpc) is 2.31. The number of amides is 1. The summed E-state index contributed by atoms with van der Waals surface area (Å²) in [5, 5.41) is 0. The maximum absolute atomic E-state index is 13.5. The number of aldehydes is 1. The van der Waals surface area contributed by atoms with Gasteiger partial charge in [0.25, 0.3) is 5.91 Å². The number of carbonyl (C=O) groups excluding carboxylic acids is 2. The van der Waals surface area contributed by atoms with E-state index in [0.29, 0.717) is 12.2 Å². The number of likely N-dealkylation sites (N-methyl/N-ethyl adjacent to an activating group) is 1. The van der Waals surface area contributed by atoms with Crippen molar-refractivity contribution >= 4 is 12.2 Å².